The van der Waals surface area contributed by atoms with Gasteiger partial charge in [0.05, 0.1) is 17.5 Å². The highest BCUT2D eigenvalue weighted by atomic mass is 19.4. The maximum Gasteiger partial charge on any atom is 0.389 e. The van der Waals surface area contributed by atoms with E-state index in [1.165, 1.54) is 24.3 Å². The molecule has 0 saturated heterocycles. The van der Waals surface area contributed by atoms with E-state index in [2.05, 4.69) is 4.98 Å². The SMILES string of the molecule is O=C(ON1C(=O)c2ccccc2C1=O)c1ncoc1CCC(F)(F)F. The maximum atomic E-state index is 12.3. The molecule has 2 amide bonds. The third-order valence-electron chi connectivity index (χ3n) is 3.40. The van der Waals surface area contributed by atoms with Gasteiger partial charge in [0.15, 0.2) is 12.1 Å². The van der Waals surface area contributed by atoms with Crippen LogP contribution >= 0.6 is 0 Å². The Bertz CT molecular complexity index is 824. The second-order valence-electron chi connectivity index (χ2n) is 5.07. The molecule has 2 heterocycles. The van der Waals surface area contributed by atoms with Gasteiger partial charge < -0.3 is 9.25 Å². The molecule has 0 aliphatic carbocycles. The van der Waals surface area contributed by atoms with E-state index >= 15 is 0 Å². The monoisotopic (exact) mass is 354 g/mol. The summed E-state index contributed by atoms with van der Waals surface area (Å²) in [5.74, 6) is -3.32. The smallest absolute Gasteiger partial charge is 0.389 e. The number of nitrogens with zero attached hydrogens (tertiary/aromatic N) is 2. The Labute approximate surface area is 137 Å². The molecule has 0 atom stereocenters. The number of aryl methyl sites for hydroxylation is 1. The van der Waals surface area contributed by atoms with E-state index in [1.807, 2.05) is 0 Å². The minimum Gasteiger partial charge on any atom is -0.448 e. The highest BCUT2D eigenvalue weighted by Crippen LogP contribution is 2.25. The number of hydroxylamine groups is 2. The second-order valence-corrected chi connectivity index (χ2v) is 5.07. The minimum atomic E-state index is -4.45. The van der Waals surface area contributed by atoms with Crippen molar-refractivity contribution >= 4 is 17.8 Å². The molecule has 7 nitrogen and oxygen atoms in total. The van der Waals surface area contributed by atoms with Gasteiger partial charge in [0.2, 0.25) is 0 Å². The summed E-state index contributed by atoms with van der Waals surface area (Å²) in [6.07, 6.45) is -5.52. The van der Waals surface area contributed by atoms with Crippen molar-refractivity contribution in [2.45, 2.75) is 19.0 Å². The number of aromatic nitrogens is 1. The Morgan fingerprint density at radius 2 is 1.76 bits per heavy atom. The summed E-state index contributed by atoms with van der Waals surface area (Å²) < 4.78 is 41.6. The van der Waals surface area contributed by atoms with Gasteiger partial charge in [-0.25, -0.2) is 9.78 Å². The molecule has 0 N–H and O–H groups in total. The summed E-state index contributed by atoms with van der Waals surface area (Å²) >= 11 is 0. The largest absolute Gasteiger partial charge is 0.448 e. The number of amides is 2. The third kappa shape index (κ3) is 3.23. The number of oxazole rings is 1. The number of alkyl halides is 3. The van der Waals surface area contributed by atoms with Gasteiger partial charge in [-0.15, -0.1) is 0 Å². The van der Waals surface area contributed by atoms with Crippen LogP contribution in [0.3, 0.4) is 0 Å². The van der Waals surface area contributed by atoms with Crippen LogP contribution in [-0.4, -0.2) is 34.0 Å². The van der Waals surface area contributed by atoms with Crippen LogP contribution in [0.1, 0.15) is 43.4 Å². The van der Waals surface area contributed by atoms with Crippen molar-refractivity contribution in [3.63, 3.8) is 0 Å². The van der Waals surface area contributed by atoms with E-state index in [1.54, 1.807) is 0 Å². The standard InChI is InChI=1S/C15H9F3N2O5/c16-15(17,18)6-5-10-11(19-7-24-10)14(23)25-20-12(21)8-3-1-2-4-9(8)13(20)22/h1-4,7H,5-6H2. The van der Waals surface area contributed by atoms with Crippen molar-refractivity contribution in [1.29, 1.82) is 0 Å². The fourth-order valence-corrected chi connectivity index (χ4v) is 2.25. The number of imide groups is 1. The molecular weight excluding hydrogens is 345 g/mol. The van der Waals surface area contributed by atoms with Crippen LogP contribution < -0.4 is 0 Å². The van der Waals surface area contributed by atoms with E-state index in [0.29, 0.717) is 0 Å². The molecule has 0 unspecified atom stereocenters. The summed E-state index contributed by atoms with van der Waals surface area (Å²) in [5.41, 5.74) is -0.420. The molecule has 25 heavy (non-hydrogen) atoms. The normalized spacial score (nSPS) is 14.0. The van der Waals surface area contributed by atoms with Gasteiger partial charge in [0, 0.05) is 6.42 Å². The van der Waals surface area contributed by atoms with Crippen LogP contribution in [0.2, 0.25) is 0 Å². The molecule has 10 heteroatoms. The fourth-order valence-electron chi connectivity index (χ4n) is 2.25. The fraction of sp³-hybridized carbons (Fsp3) is 0.200. The summed E-state index contributed by atoms with van der Waals surface area (Å²) in [4.78, 5) is 44.5. The molecule has 0 spiro atoms. The van der Waals surface area contributed by atoms with Crippen LogP contribution in [0.4, 0.5) is 13.2 Å². The zero-order chi connectivity index (χ0) is 18.2. The van der Waals surface area contributed by atoms with Gasteiger partial charge in [-0.05, 0) is 12.1 Å². The van der Waals surface area contributed by atoms with E-state index < -0.39 is 42.5 Å². The molecule has 1 aromatic carbocycles. The average Bonchev–Trinajstić information content (AvgIpc) is 3.12. The zero-order valence-corrected chi connectivity index (χ0v) is 12.4. The van der Waals surface area contributed by atoms with Crippen LogP contribution in [-0.2, 0) is 11.3 Å². The van der Waals surface area contributed by atoms with Crippen molar-refractivity contribution in [2.75, 3.05) is 0 Å². The Hall–Kier alpha value is -3.17. The van der Waals surface area contributed by atoms with Crippen molar-refractivity contribution in [3.8, 4) is 0 Å². The summed E-state index contributed by atoms with van der Waals surface area (Å²) in [5, 5.41) is 0.245. The zero-order valence-electron chi connectivity index (χ0n) is 12.4. The quantitative estimate of drug-likeness (QED) is 0.784. The van der Waals surface area contributed by atoms with Crippen LogP contribution in [0, 0.1) is 0 Å². The topological polar surface area (TPSA) is 89.7 Å². The molecular formula is C15H9F3N2O5. The van der Waals surface area contributed by atoms with Gasteiger partial charge in [-0.1, -0.05) is 17.2 Å². The maximum absolute atomic E-state index is 12.3. The molecule has 1 aromatic heterocycles. The molecule has 0 radical (unpaired) electrons. The molecule has 0 fully saturated rings. The lowest BCUT2D eigenvalue weighted by Crippen LogP contribution is -2.33. The molecule has 130 valence electrons. The number of fused-ring (bicyclic) bond motifs is 1. The minimum absolute atomic E-state index is 0.0535. The number of benzene rings is 1. The molecule has 1 aliphatic heterocycles. The molecule has 0 bridgehead atoms. The Morgan fingerprint density at radius 3 is 2.32 bits per heavy atom. The highest BCUT2D eigenvalue weighted by molar-refractivity contribution is 6.21. The van der Waals surface area contributed by atoms with Gasteiger partial charge in [0.1, 0.15) is 5.76 Å². The number of hydrogen-bond acceptors (Lipinski definition) is 6. The van der Waals surface area contributed by atoms with Crippen LogP contribution in [0.15, 0.2) is 35.1 Å². The first kappa shape index (κ1) is 16.7. The Kier molecular flexibility index (Phi) is 4.03. The molecule has 0 saturated carbocycles. The van der Waals surface area contributed by atoms with Crippen molar-refractivity contribution in [2.24, 2.45) is 0 Å². The first-order valence-corrected chi connectivity index (χ1v) is 6.97. The second kappa shape index (κ2) is 6.04. The molecule has 2 aromatic rings. The van der Waals surface area contributed by atoms with Gasteiger partial charge in [0.25, 0.3) is 11.8 Å². The predicted octanol–water partition coefficient (Wildman–Crippen LogP) is 2.54. The van der Waals surface area contributed by atoms with Gasteiger partial charge >= 0.3 is 12.1 Å². The Balaban J connectivity index is 1.75. The molecule has 1 aliphatic rings. The van der Waals surface area contributed by atoms with Crippen molar-refractivity contribution < 1.29 is 36.8 Å². The van der Waals surface area contributed by atoms with Crippen LogP contribution in [0.5, 0.6) is 0 Å². The third-order valence-corrected chi connectivity index (χ3v) is 3.40. The lowest BCUT2D eigenvalue weighted by Gasteiger charge is -2.12. The highest BCUT2D eigenvalue weighted by Gasteiger charge is 2.39. The van der Waals surface area contributed by atoms with E-state index in [4.69, 9.17) is 9.25 Å². The van der Waals surface area contributed by atoms with E-state index in [-0.39, 0.29) is 22.0 Å². The predicted molar refractivity (Wildman–Crippen MR) is 73.2 cm³/mol. The lowest BCUT2D eigenvalue weighted by atomic mass is 10.1. The average molecular weight is 354 g/mol. The first-order valence-electron chi connectivity index (χ1n) is 6.97. The Morgan fingerprint density at radius 1 is 1.16 bits per heavy atom. The van der Waals surface area contributed by atoms with Gasteiger partial charge in [-0.3, -0.25) is 9.59 Å². The summed E-state index contributed by atoms with van der Waals surface area (Å²) in [6.45, 7) is 0. The number of halogens is 3. The van der Waals surface area contributed by atoms with Crippen molar-refractivity contribution in [1.82, 2.24) is 10.0 Å². The number of rotatable bonds is 4. The number of carbonyl (C=O) groups excluding carboxylic acids is 3. The lowest BCUT2D eigenvalue weighted by molar-refractivity contribution is -0.134. The summed E-state index contributed by atoms with van der Waals surface area (Å²) in [6, 6.07) is 5.83. The summed E-state index contributed by atoms with van der Waals surface area (Å²) in [7, 11) is 0. The van der Waals surface area contributed by atoms with Crippen LogP contribution in [0.25, 0.3) is 0 Å². The van der Waals surface area contributed by atoms with Gasteiger partial charge in [-0.2, -0.15) is 13.2 Å². The number of carbonyl (C=O) groups is 3. The van der Waals surface area contributed by atoms with Crippen molar-refractivity contribution in [3.05, 3.63) is 53.2 Å². The van der Waals surface area contributed by atoms with E-state index in [0.717, 1.165) is 6.39 Å². The van der Waals surface area contributed by atoms with E-state index in [9.17, 15) is 27.6 Å². The molecule has 3 rings (SSSR count). The number of hydrogen-bond donors (Lipinski definition) is 0. The first-order chi connectivity index (χ1) is 11.8.